The lowest BCUT2D eigenvalue weighted by Gasteiger charge is -2.10. The minimum absolute atomic E-state index is 0.133. The number of ether oxygens (including phenoxy) is 1. The van der Waals surface area contributed by atoms with Crippen molar-refractivity contribution in [3.63, 3.8) is 0 Å². The van der Waals surface area contributed by atoms with Gasteiger partial charge in [0.1, 0.15) is 5.65 Å². The van der Waals surface area contributed by atoms with Gasteiger partial charge < -0.3 is 9.14 Å². The van der Waals surface area contributed by atoms with Crippen LogP contribution in [0.3, 0.4) is 0 Å². The van der Waals surface area contributed by atoms with Crippen LogP contribution >= 0.6 is 11.8 Å². The van der Waals surface area contributed by atoms with Gasteiger partial charge in [0, 0.05) is 29.5 Å². The van der Waals surface area contributed by atoms with E-state index in [2.05, 4.69) is 11.1 Å². The molecule has 23 heavy (non-hydrogen) atoms. The van der Waals surface area contributed by atoms with E-state index in [9.17, 15) is 4.79 Å². The zero-order valence-corrected chi connectivity index (χ0v) is 13.3. The molecule has 0 bridgehead atoms. The van der Waals surface area contributed by atoms with E-state index in [1.165, 1.54) is 4.90 Å². The Kier molecular flexibility index (Phi) is 3.79. The maximum absolute atomic E-state index is 12.3. The van der Waals surface area contributed by atoms with Crippen molar-refractivity contribution in [2.45, 2.75) is 17.2 Å². The number of carbonyl (C=O) groups excluding carboxylic acids is 1. The summed E-state index contributed by atoms with van der Waals surface area (Å²) in [5.41, 5.74) is 2.94. The Balaban J connectivity index is 1.37. The molecule has 0 fully saturated rings. The second-order valence-corrected chi connectivity index (χ2v) is 6.58. The fourth-order valence-corrected chi connectivity index (χ4v) is 4.04. The number of rotatable bonds is 4. The third-order valence-electron chi connectivity index (χ3n) is 4.00. The van der Waals surface area contributed by atoms with E-state index in [1.54, 1.807) is 11.8 Å². The van der Waals surface area contributed by atoms with E-state index in [4.69, 9.17) is 4.74 Å². The van der Waals surface area contributed by atoms with E-state index in [1.807, 2.05) is 53.2 Å². The van der Waals surface area contributed by atoms with Gasteiger partial charge in [-0.1, -0.05) is 24.3 Å². The van der Waals surface area contributed by atoms with Crippen molar-refractivity contribution in [1.29, 1.82) is 0 Å². The molecule has 1 aromatic carbocycles. The molecular weight excluding hydrogens is 308 g/mol. The first-order valence-corrected chi connectivity index (χ1v) is 8.61. The number of imidazole rings is 1. The average Bonchev–Trinajstić information content (AvgIpc) is 3.18. The highest BCUT2D eigenvalue weighted by Crippen LogP contribution is 2.39. The smallest absolute Gasteiger partial charge is 0.314 e. The highest BCUT2D eigenvalue weighted by Gasteiger charge is 2.30. The van der Waals surface area contributed by atoms with Crippen LogP contribution in [0.25, 0.3) is 5.65 Å². The number of aromatic nitrogens is 2. The zero-order valence-electron chi connectivity index (χ0n) is 12.5. The maximum atomic E-state index is 12.3. The summed E-state index contributed by atoms with van der Waals surface area (Å²) in [7, 11) is 0. The first-order valence-electron chi connectivity index (χ1n) is 7.62. The van der Waals surface area contributed by atoms with E-state index < -0.39 is 0 Å². The van der Waals surface area contributed by atoms with Crippen LogP contribution in [0.5, 0.6) is 0 Å². The zero-order chi connectivity index (χ0) is 15.6. The predicted octanol–water partition coefficient (Wildman–Crippen LogP) is 3.31. The van der Waals surface area contributed by atoms with Crippen molar-refractivity contribution < 1.29 is 9.53 Å². The van der Waals surface area contributed by atoms with Gasteiger partial charge in [0.15, 0.2) is 0 Å². The van der Waals surface area contributed by atoms with Crippen LogP contribution in [0.15, 0.2) is 59.8 Å². The number of hydrogen-bond donors (Lipinski definition) is 0. The quantitative estimate of drug-likeness (QED) is 0.691. The topological polar surface area (TPSA) is 43.6 Å². The van der Waals surface area contributed by atoms with Crippen LogP contribution in [0, 0.1) is 0 Å². The third-order valence-corrected chi connectivity index (χ3v) is 5.18. The lowest BCUT2D eigenvalue weighted by molar-refractivity contribution is -0.144. The molecule has 0 amide bonds. The Morgan fingerprint density at radius 1 is 1.26 bits per heavy atom. The number of benzene rings is 1. The molecule has 0 N–H and O–H groups in total. The van der Waals surface area contributed by atoms with Gasteiger partial charge in [-0.3, -0.25) is 4.79 Å². The highest BCUT2D eigenvalue weighted by atomic mass is 32.2. The molecule has 1 unspecified atom stereocenters. The fourth-order valence-electron chi connectivity index (χ4n) is 2.82. The first-order chi connectivity index (χ1) is 11.3. The van der Waals surface area contributed by atoms with Crippen LogP contribution in [0.4, 0.5) is 0 Å². The molecule has 1 aliphatic rings. The van der Waals surface area contributed by atoms with E-state index >= 15 is 0 Å². The van der Waals surface area contributed by atoms with E-state index in [-0.39, 0.29) is 11.9 Å². The normalized spacial score (nSPS) is 16.4. The van der Waals surface area contributed by atoms with Gasteiger partial charge in [-0.2, -0.15) is 0 Å². The molecule has 4 rings (SSSR count). The van der Waals surface area contributed by atoms with Gasteiger partial charge in [-0.25, -0.2) is 4.98 Å². The minimum Gasteiger partial charge on any atom is -0.465 e. The van der Waals surface area contributed by atoms with Crippen molar-refractivity contribution in [2.75, 3.05) is 12.4 Å². The molecule has 4 nitrogen and oxygen atoms in total. The Morgan fingerprint density at radius 3 is 3.04 bits per heavy atom. The Hall–Kier alpha value is -2.27. The Labute approximate surface area is 138 Å². The van der Waals surface area contributed by atoms with Gasteiger partial charge in [0.2, 0.25) is 0 Å². The van der Waals surface area contributed by atoms with Crippen LogP contribution in [-0.2, 0) is 16.0 Å². The van der Waals surface area contributed by atoms with E-state index in [0.29, 0.717) is 13.0 Å². The van der Waals surface area contributed by atoms with Crippen molar-refractivity contribution in [3.8, 4) is 0 Å². The number of carbonyl (C=O) groups is 1. The summed E-state index contributed by atoms with van der Waals surface area (Å²) < 4.78 is 7.45. The standard InChI is InChI=1S/C18H16N2O2S/c21-18(15-12-23-16-6-2-1-5-14(15)16)22-10-8-13-11-20-9-4-3-7-17(20)19-13/h1-7,9,11,15H,8,10,12H2. The fraction of sp³-hybridized carbons (Fsp3) is 0.222. The first kappa shape index (κ1) is 14.3. The number of fused-ring (bicyclic) bond motifs is 2. The van der Waals surface area contributed by atoms with Gasteiger partial charge in [-0.15, -0.1) is 11.8 Å². The molecule has 3 aromatic rings. The summed E-state index contributed by atoms with van der Waals surface area (Å²) in [6, 6.07) is 13.9. The molecule has 116 valence electrons. The van der Waals surface area contributed by atoms with Gasteiger partial charge >= 0.3 is 5.97 Å². The lowest BCUT2D eigenvalue weighted by Crippen LogP contribution is -2.17. The lowest BCUT2D eigenvalue weighted by atomic mass is 10.0. The van der Waals surface area contributed by atoms with Crippen LogP contribution in [0.1, 0.15) is 17.2 Å². The number of thioether (sulfide) groups is 1. The van der Waals surface area contributed by atoms with Crippen molar-refractivity contribution in [2.24, 2.45) is 0 Å². The largest absolute Gasteiger partial charge is 0.465 e. The van der Waals surface area contributed by atoms with Crippen LogP contribution in [-0.4, -0.2) is 27.7 Å². The van der Waals surface area contributed by atoms with Gasteiger partial charge in [-0.05, 0) is 23.8 Å². The second kappa shape index (κ2) is 6.08. The summed E-state index contributed by atoms with van der Waals surface area (Å²) in [6.45, 7) is 0.367. The summed E-state index contributed by atoms with van der Waals surface area (Å²) in [4.78, 5) is 18.0. The summed E-state index contributed by atoms with van der Waals surface area (Å²) in [5.74, 6) is 0.496. The molecule has 0 saturated carbocycles. The predicted molar refractivity (Wildman–Crippen MR) is 89.8 cm³/mol. The molecule has 2 aromatic heterocycles. The van der Waals surface area contributed by atoms with Crippen LogP contribution in [0.2, 0.25) is 0 Å². The average molecular weight is 324 g/mol. The van der Waals surface area contributed by atoms with Crippen molar-refractivity contribution in [3.05, 3.63) is 66.1 Å². The molecule has 0 aliphatic carbocycles. The number of esters is 1. The molecule has 1 atom stereocenters. The highest BCUT2D eigenvalue weighted by molar-refractivity contribution is 7.99. The molecule has 0 spiro atoms. The molecule has 0 saturated heterocycles. The SMILES string of the molecule is O=C(OCCc1cn2ccccc2n1)C1CSc2ccccc21. The molecule has 0 radical (unpaired) electrons. The molecule has 1 aliphatic heterocycles. The second-order valence-electron chi connectivity index (χ2n) is 5.52. The molecule has 3 heterocycles. The number of nitrogens with zero attached hydrogens (tertiary/aromatic N) is 2. The third kappa shape index (κ3) is 2.84. The van der Waals surface area contributed by atoms with Crippen molar-refractivity contribution >= 4 is 23.4 Å². The number of pyridine rings is 1. The van der Waals surface area contributed by atoms with Crippen molar-refractivity contribution in [1.82, 2.24) is 9.38 Å². The minimum atomic E-state index is -0.141. The summed E-state index contributed by atoms with van der Waals surface area (Å²) in [5, 5.41) is 0. The summed E-state index contributed by atoms with van der Waals surface area (Å²) in [6.07, 6.45) is 4.57. The van der Waals surface area contributed by atoms with Crippen LogP contribution < -0.4 is 0 Å². The summed E-state index contributed by atoms with van der Waals surface area (Å²) >= 11 is 1.72. The molecular formula is C18H16N2O2S. The Bertz CT molecular complexity index is 826. The maximum Gasteiger partial charge on any atom is 0.314 e. The van der Waals surface area contributed by atoms with Gasteiger partial charge in [0.05, 0.1) is 18.2 Å². The molecule has 5 heteroatoms. The van der Waals surface area contributed by atoms with E-state index in [0.717, 1.165) is 22.7 Å². The Morgan fingerprint density at radius 2 is 2.13 bits per heavy atom. The monoisotopic (exact) mass is 324 g/mol. The number of hydrogen-bond acceptors (Lipinski definition) is 4. The van der Waals surface area contributed by atoms with Gasteiger partial charge in [0.25, 0.3) is 0 Å².